The first kappa shape index (κ1) is 23.3. The number of halogens is 3. The molecule has 1 N–H and O–H groups in total. The minimum Gasteiger partial charge on any atom is -0.322 e. The van der Waals surface area contributed by atoms with Gasteiger partial charge < -0.3 is 5.32 Å². The Balaban J connectivity index is 1.31. The van der Waals surface area contributed by atoms with Gasteiger partial charge >= 0.3 is 6.18 Å². The first-order valence-electron chi connectivity index (χ1n) is 11.3. The first-order valence-corrected chi connectivity index (χ1v) is 12.2. The molecule has 0 radical (unpaired) electrons. The topological polar surface area (TPSA) is 32.3 Å². The highest BCUT2D eigenvalue weighted by atomic mass is 32.1. The SMILES string of the molecule is O=C(Nc1ccc2c(c1)CCN(Cc1ccsc1)C2)c1ccccc1-c1ccc(C(F)(F)F)cc1. The number of benzene rings is 3. The van der Waals surface area contributed by atoms with Crippen LogP contribution in [0.15, 0.2) is 83.6 Å². The van der Waals surface area contributed by atoms with Gasteiger partial charge in [0.1, 0.15) is 0 Å². The number of carbonyl (C=O) groups is 1. The maximum atomic E-state index is 13.1. The predicted octanol–water partition coefficient (Wildman–Crippen LogP) is 7.24. The zero-order chi connectivity index (χ0) is 24.4. The number of hydrogen-bond acceptors (Lipinski definition) is 3. The third-order valence-corrected chi connectivity index (χ3v) is 6.97. The van der Waals surface area contributed by atoms with Gasteiger partial charge in [0, 0.05) is 30.9 Å². The van der Waals surface area contributed by atoms with Crippen LogP contribution in [-0.4, -0.2) is 17.4 Å². The third-order valence-electron chi connectivity index (χ3n) is 6.24. The molecule has 0 saturated carbocycles. The van der Waals surface area contributed by atoms with E-state index >= 15 is 0 Å². The van der Waals surface area contributed by atoms with E-state index in [9.17, 15) is 18.0 Å². The minimum absolute atomic E-state index is 0.296. The van der Waals surface area contributed by atoms with Crippen molar-refractivity contribution in [1.29, 1.82) is 0 Å². The fourth-order valence-electron chi connectivity index (χ4n) is 4.43. The van der Waals surface area contributed by atoms with Crippen molar-refractivity contribution in [3.63, 3.8) is 0 Å². The van der Waals surface area contributed by atoms with E-state index in [4.69, 9.17) is 0 Å². The van der Waals surface area contributed by atoms with E-state index < -0.39 is 11.7 Å². The zero-order valence-electron chi connectivity index (χ0n) is 18.8. The van der Waals surface area contributed by atoms with Crippen molar-refractivity contribution >= 4 is 22.9 Å². The Kier molecular flexibility index (Phi) is 6.45. The molecule has 3 nitrogen and oxygen atoms in total. The standard InChI is InChI=1S/C28H23F3N2OS/c29-28(30,31)23-8-5-20(6-9-23)25-3-1-2-4-26(25)27(34)32-24-10-7-22-17-33(13-11-21(22)15-24)16-19-12-14-35-18-19/h1-10,12,14-15,18H,11,13,16-17H2,(H,32,34). The Morgan fingerprint density at radius 2 is 1.77 bits per heavy atom. The lowest BCUT2D eigenvalue weighted by Gasteiger charge is -2.28. The number of nitrogens with zero attached hydrogens (tertiary/aromatic N) is 1. The summed E-state index contributed by atoms with van der Waals surface area (Å²) in [4.78, 5) is 15.6. The molecule has 1 amide bonds. The molecule has 4 aromatic rings. The number of alkyl halides is 3. The molecule has 2 heterocycles. The van der Waals surface area contributed by atoms with Gasteiger partial charge in [0.25, 0.3) is 5.91 Å². The number of fused-ring (bicyclic) bond motifs is 1. The zero-order valence-corrected chi connectivity index (χ0v) is 19.6. The van der Waals surface area contributed by atoms with Gasteiger partial charge in [-0.25, -0.2) is 0 Å². The van der Waals surface area contributed by atoms with Crippen molar-refractivity contribution in [2.24, 2.45) is 0 Å². The maximum Gasteiger partial charge on any atom is 0.416 e. The van der Waals surface area contributed by atoms with Gasteiger partial charge in [-0.1, -0.05) is 36.4 Å². The van der Waals surface area contributed by atoms with Crippen LogP contribution in [0, 0.1) is 0 Å². The molecule has 1 aromatic heterocycles. The van der Waals surface area contributed by atoms with Crippen LogP contribution in [0.2, 0.25) is 0 Å². The molecule has 5 rings (SSSR count). The summed E-state index contributed by atoms with van der Waals surface area (Å²) in [5.74, 6) is -0.296. The third kappa shape index (κ3) is 5.31. The molecule has 7 heteroatoms. The van der Waals surface area contributed by atoms with Crippen LogP contribution < -0.4 is 5.32 Å². The second kappa shape index (κ2) is 9.68. The summed E-state index contributed by atoms with van der Waals surface area (Å²) in [5.41, 5.74) is 5.35. The van der Waals surface area contributed by atoms with Crippen LogP contribution in [0.5, 0.6) is 0 Å². The van der Waals surface area contributed by atoms with Crippen molar-refractivity contribution in [2.75, 3.05) is 11.9 Å². The summed E-state index contributed by atoms with van der Waals surface area (Å²) in [6.45, 7) is 2.76. The van der Waals surface area contributed by atoms with E-state index in [1.54, 1.807) is 35.6 Å². The largest absolute Gasteiger partial charge is 0.416 e. The summed E-state index contributed by atoms with van der Waals surface area (Å²) < 4.78 is 38.8. The highest BCUT2D eigenvalue weighted by Gasteiger charge is 2.30. The molecule has 0 atom stereocenters. The van der Waals surface area contributed by atoms with Crippen LogP contribution in [0.25, 0.3) is 11.1 Å². The summed E-state index contributed by atoms with van der Waals surface area (Å²) in [5, 5.41) is 7.24. The monoisotopic (exact) mass is 492 g/mol. The van der Waals surface area contributed by atoms with Crippen molar-refractivity contribution in [3.05, 3.63) is 111 Å². The number of anilines is 1. The molecule has 1 aliphatic heterocycles. The van der Waals surface area contributed by atoms with Crippen LogP contribution in [0.1, 0.15) is 32.6 Å². The smallest absolute Gasteiger partial charge is 0.322 e. The van der Waals surface area contributed by atoms with Crippen LogP contribution in [0.3, 0.4) is 0 Å². The van der Waals surface area contributed by atoms with Crippen LogP contribution >= 0.6 is 11.3 Å². The Morgan fingerprint density at radius 3 is 2.51 bits per heavy atom. The molecule has 0 spiro atoms. The van der Waals surface area contributed by atoms with Crippen molar-refractivity contribution in [1.82, 2.24) is 4.90 Å². The van der Waals surface area contributed by atoms with E-state index in [1.165, 1.54) is 28.8 Å². The molecule has 0 saturated heterocycles. The lowest BCUT2D eigenvalue weighted by Crippen LogP contribution is -2.30. The van der Waals surface area contributed by atoms with Crippen molar-refractivity contribution in [3.8, 4) is 11.1 Å². The van der Waals surface area contributed by atoms with Crippen LogP contribution in [0.4, 0.5) is 18.9 Å². The van der Waals surface area contributed by atoms with E-state index in [-0.39, 0.29) is 5.91 Å². The van der Waals surface area contributed by atoms with Gasteiger partial charge in [-0.3, -0.25) is 9.69 Å². The summed E-state index contributed by atoms with van der Waals surface area (Å²) in [7, 11) is 0. The number of carbonyl (C=O) groups excluding carboxylic acids is 1. The maximum absolute atomic E-state index is 13.1. The minimum atomic E-state index is -4.40. The average molecular weight is 493 g/mol. The van der Waals surface area contributed by atoms with Gasteiger partial charge in [-0.05, 0) is 81.4 Å². The van der Waals surface area contributed by atoms with Gasteiger partial charge in [0.15, 0.2) is 0 Å². The Bertz CT molecular complexity index is 1330. The molecule has 0 fully saturated rings. The summed E-state index contributed by atoms with van der Waals surface area (Å²) >= 11 is 1.71. The van der Waals surface area contributed by atoms with Crippen molar-refractivity contribution < 1.29 is 18.0 Å². The first-order chi connectivity index (χ1) is 16.9. The normalized spacial score (nSPS) is 13.9. The fourth-order valence-corrected chi connectivity index (χ4v) is 5.09. The molecular formula is C28H23F3N2OS. The molecular weight excluding hydrogens is 469 g/mol. The average Bonchev–Trinajstić information content (AvgIpc) is 3.37. The molecule has 0 bridgehead atoms. The van der Waals surface area contributed by atoms with E-state index in [0.29, 0.717) is 22.4 Å². The van der Waals surface area contributed by atoms with Crippen LogP contribution in [-0.2, 0) is 25.7 Å². The lowest BCUT2D eigenvalue weighted by molar-refractivity contribution is -0.137. The highest BCUT2D eigenvalue weighted by molar-refractivity contribution is 7.07. The molecule has 3 aromatic carbocycles. The van der Waals surface area contributed by atoms with Crippen molar-refractivity contribution in [2.45, 2.75) is 25.7 Å². The van der Waals surface area contributed by atoms with Gasteiger partial charge in [-0.2, -0.15) is 24.5 Å². The summed E-state index contributed by atoms with van der Waals surface area (Å²) in [6.07, 6.45) is -3.49. The number of rotatable bonds is 5. The van der Waals surface area contributed by atoms with Gasteiger partial charge in [0.2, 0.25) is 0 Å². The molecule has 35 heavy (non-hydrogen) atoms. The Hall–Kier alpha value is -3.42. The number of hydrogen-bond donors (Lipinski definition) is 1. The second-order valence-corrected chi connectivity index (χ2v) is 9.43. The summed E-state index contributed by atoms with van der Waals surface area (Å²) in [6, 6.07) is 20.0. The predicted molar refractivity (Wildman–Crippen MR) is 133 cm³/mol. The Labute approximate surface area is 205 Å². The van der Waals surface area contributed by atoms with Gasteiger partial charge in [-0.15, -0.1) is 0 Å². The molecule has 1 aliphatic rings. The van der Waals surface area contributed by atoms with E-state index in [0.717, 1.165) is 38.2 Å². The lowest BCUT2D eigenvalue weighted by atomic mass is 9.97. The molecule has 0 unspecified atom stereocenters. The quantitative estimate of drug-likeness (QED) is 0.318. The van der Waals surface area contributed by atoms with E-state index in [1.807, 2.05) is 12.1 Å². The second-order valence-electron chi connectivity index (χ2n) is 8.65. The number of amides is 1. The molecule has 0 aliphatic carbocycles. The number of nitrogens with one attached hydrogen (secondary N) is 1. The number of thiophene rings is 1. The van der Waals surface area contributed by atoms with Gasteiger partial charge in [0.05, 0.1) is 5.56 Å². The van der Waals surface area contributed by atoms with E-state index in [2.05, 4.69) is 33.1 Å². The fraction of sp³-hybridized carbons (Fsp3) is 0.179. The highest BCUT2D eigenvalue weighted by Crippen LogP contribution is 2.32. The molecule has 178 valence electrons. The Morgan fingerprint density at radius 1 is 0.971 bits per heavy atom.